The second-order valence-electron chi connectivity index (χ2n) is 26.2. The number of pyridine rings is 1. The van der Waals surface area contributed by atoms with Gasteiger partial charge in [-0.2, -0.15) is 0 Å². The molecule has 1 spiro atoms. The SMILES string of the molecule is Cc1cc(F)c(Nc2nc(-c3ccc4c(c3)N([C@H]3C[C@@H](N5CCCCC5)C3)C(=O)C43CCN(C(=O)[C@H]4CC[C@@H](C(=O)N5CCN(c6ccc7c(c6)C(=O)N(C6CCC(O)NC6=O)C7=O)CC5)CC4)CC3)cc3ncn(C(C)C)c23)cc1C(=O)NC(C)C. The first-order valence-electron chi connectivity index (χ1n) is 31.7. The third kappa shape index (κ3) is 10.5. The Balaban J connectivity index is 0.681. The number of carbonyl (C=O) groups excluding carboxylic acids is 7. The number of aliphatic hydroxyl groups is 1. The van der Waals surface area contributed by atoms with Gasteiger partial charge in [0.2, 0.25) is 23.6 Å². The number of benzene rings is 3. The lowest BCUT2D eigenvalue weighted by Gasteiger charge is -2.48. The van der Waals surface area contributed by atoms with Crippen LogP contribution in [-0.4, -0.2) is 163 Å². The number of nitrogens with zero attached hydrogens (tertiary/aromatic N) is 9. The molecule has 458 valence electrons. The first-order chi connectivity index (χ1) is 41.8. The van der Waals surface area contributed by atoms with Gasteiger partial charge in [0.05, 0.1) is 39.8 Å². The van der Waals surface area contributed by atoms with Crippen LogP contribution in [0.5, 0.6) is 0 Å². The molecule has 8 heterocycles. The molecule has 0 radical (unpaired) electrons. The Labute approximate surface area is 506 Å². The molecule has 20 nitrogen and oxygen atoms in total. The maximum absolute atomic E-state index is 16.0. The fourth-order valence-corrected chi connectivity index (χ4v) is 15.3. The molecule has 8 aliphatic rings. The minimum Gasteiger partial charge on any atom is -0.374 e. The number of imidazole rings is 1. The topological polar surface area (TPSA) is 226 Å². The number of halogens is 1. The maximum Gasteiger partial charge on any atom is 0.262 e. The maximum atomic E-state index is 16.0. The molecule has 21 heteroatoms. The second-order valence-corrected chi connectivity index (χ2v) is 26.2. The summed E-state index contributed by atoms with van der Waals surface area (Å²) in [5, 5.41) is 18.5. The molecule has 2 atom stereocenters. The van der Waals surface area contributed by atoms with E-state index in [2.05, 4.69) is 42.8 Å². The van der Waals surface area contributed by atoms with Gasteiger partial charge in [-0.1, -0.05) is 18.6 Å². The average molecular weight is 1190 g/mol. The van der Waals surface area contributed by atoms with Crippen LogP contribution in [0.25, 0.3) is 22.3 Å². The van der Waals surface area contributed by atoms with Crippen LogP contribution in [0.3, 0.4) is 0 Å². The van der Waals surface area contributed by atoms with E-state index in [4.69, 9.17) is 9.97 Å². The van der Waals surface area contributed by atoms with Crippen LogP contribution in [-0.2, 0) is 24.6 Å². The summed E-state index contributed by atoms with van der Waals surface area (Å²) in [6.07, 6.45) is 10.0. The van der Waals surface area contributed by atoms with Crippen molar-refractivity contribution in [2.45, 2.75) is 160 Å². The Morgan fingerprint density at radius 3 is 2.08 bits per heavy atom. The zero-order valence-corrected chi connectivity index (χ0v) is 50.4. The zero-order valence-electron chi connectivity index (χ0n) is 50.4. The van der Waals surface area contributed by atoms with Crippen LogP contribution in [0, 0.1) is 24.6 Å². The molecular weight excluding hydrogens is 1110 g/mol. The largest absolute Gasteiger partial charge is 0.374 e. The van der Waals surface area contributed by atoms with Gasteiger partial charge in [0.1, 0.15) is 23.6 Å². The highest BCUT2D eigenvalue weighted by Gasteiger charge is 2.56. The van der Waals surface area contributed by atoms with E-state index in [0.717, 1.165) is 53.3 Å². The van der Waals surface area contributed by atoms with Gasteiger partial charge in [-0.05, 0) is 178 Å². The lowest BCUT2D eigenvalue weighted by atomic mass is 9.72. The number of hydrogen-bond donors (Lipinski definition) is 4. The number of aromatic nitrogens is 3. The predicted molar refractivity (Wildman–Crippen MR) is 326 cm³/mol. The highest BCUT2D eigenvalue weighted by molar-refractivity contribution is 6.23. The molecule has 13 rings (SSSR count). The number of rotatable bonds is 12. The highest BCUT2D eigenvalue weighted by Crippen LogP contribution is 2.53. The number of hydrogen-bond acceptors (Lipinski definition) is 13. The van der Waals surface area contributed by atoms with E-state index in [-0.39, 0.29) is 83.2 Å². The molecule has 87 heavy (non-hydrogen) atoms. The highest BCUT2D eigenvalue weighted by atomic mass is 19.1. The van der Waals surface area contributed by atoms with Crippen molar-refractivity contribution in [3.63, 3.8) is 0 Å². The van der Waals surface area contributed by atoms with Gasteiger partial charge in [-0.25, -0.2) is 14.4 Å². The molecule has 7 amide bonds. The van der Waals surface area contributed by atoms with E-state index in [9.17, 15) is 33.9 Å². The lowest BCUT2D eigenvalue weighted by Crippen LogP contribution is -2.58. The average Bonchev–Trinajstić information content (AvgIpc) is 1.58. The molecule has 2 unspecified atom stereocenters. The van der Waals surface area contributed by atoms with Gasteiger partial charge in [-0.3, -0.25) is 38.5 Å². The van der Waals surface area contributed by atoms with Crippen molar-refractivity contribution in [1.82, 2.24) is 44.8 Å². The van der Waals surface area contributed by atoms with Gasteiger partial charge >= 0.3 is 0 Å². The van der Waals surface area contributed by atoms with E-state index in [1.807, 2.05) is 54.2 Å². The van der Waals surface area contributed by atoms with Crippen molar-refractivity contribution in [3.05, 3.63) is 94.6 Å². The second kappa shape index (κ2) is 23.1. The van der Waals surface area contributed by atoms with E-state index >= 15 is 9.18 Å². The third-order valence-electron chi connectivity index (χ3n) is 20.2. The third-order valence-corrected chi connectivity index (χ3v) is 20.2. The number of piperidine rings is 3. The Morgan fingerprint density at radius 2 is 1.41 bits per heavy atom. The fourth-order valence-electron chi connectivity index (χ4n) is 15.3. The molecule has 6 aliphatic heterocycles. The number of fused-ring (bicyclic) bond motifs is 4. The van der Waals surface area contributed by atoms with Crippen molar-refractivity contribution in [2.24, 2.45) is 11.8 Å². The van der Waals surface area contributed by atoms with Gasteiger partial charge in [0, 0.05) is 97.8 Å². The van der Waals surface area contributed by atoms with E-state index in [1.54, 1.807) is 31.5 Å². The van der Waals surface area contributed by atoms with E-state index < -0.39 is 41.2 Å². The summed E-state index contributed by atoms with van der Waals surface area (Å²) >= 11 is 0. The molecule has 6 fully saturated rings. The zero-order chi connectivity index (χ0) is 60.7. The predicted octanol–water partition coefficient (Wildman–Crippen LogP) is 7.58. The van der Waals surface area contributed by atoms with Crippen LogP contribution in [0.2, 0.25) is 0 Å². The number of aryl methyl sites for hydroxylation is 1. The van der Waals surface area contributed by atoms with Gasteiger partial charge in [0.15, 0.2) is 5.82 Å². The Kier molecular flexibility index (Phi) is 15.4. The Morgan fingerprint density at radius 1 is 0.736 bits per heavy atom. The number of imide groups is 1. The first-order valence-corrected chi connectivity index (χ1v) is 31.7. The molecule has 3 aromatic carbocycles. The smallest absolute Gasteiger partial charge is 0.262 e. The normalized spacial score (nSPS) is 24.9. The van der Waals surface area contributed by atoms with Crippen LogP contribution in [0.1, 0.15) is 159 Å². The van der Waals surface area contributed by atoms with Gasteiger partial charge in [0.25, 0.3) is 17.7 Å². The molecule has 2 saturated carbocycles. The van der Waals surface area contributed by atoms with Crippen molar-refractivity contribution < 1.29 is 43.1 Å². The minimum atomic E-state index is -1.00. The lowest BCUT2D eigenvalue weighted by molar-refractivity contribution is -0.143. The fraction of sp³-hybridized carbons (Fsp3) is 0.530. The minimum absolute atomic E-state index is 0.00320. The van der Waals surface area contributed by atoms with Gasteiger partial charge in [-0.15, -0.1) is 0 Å². The first kappa shape index (κ1) is 58.2. The van der Waals surface area contributed by atoms with Crippen molar-refractivity contribution in [2.75, 3.05) is 67.5 Å². The summed E-state index contributed by atoms with van der Waals surface area (Å²) in [6.45, 7) is 14.7. The summed E-state index contributed by atoms with van der Waals surface area (Å²) in [4.78, 5) is 118. The Bertz CT molecular complexity index is 3600. The van der Waals surface area contributed by atoms with E-state index in [1.165, 1.54) is 31.4 Å². The number of likely N-dealkylation sites (tertiary alicyclic amines) is 2. The van der Waals surface area contributed by atoms with Crippen LogP contribution >= 0.6 is 0 Å². The molecule has 4 N–H and O–H groups in total. The molecule has 4 saturated heterocycles. The quantitative estimate of drug-likeness (QED) is 0.0885. The summed E-state index contributed by atoms with van der Waals surface area (Å²) in [5.74, 6) is -2.16. The van der Waals surface area contributed by atoms with Gasteiger partial charge < -0.3 is 50.1 Å². The van der Waals surface area contributed by atoms with Crippen LogP contribution < -0.4 is 25.8 Å². The monoisotopic (exact) mass is 1190 g/mol. The summed E-state index contributed by atoms with van der Waals surface area (Å²) in [5.41, 5.74) is 5.97. The standard InChI is InChI=1S/C66H79FN12O8/c1-37(2)69-59(81)47-34-52(50(67)29-39(47)5)71-58-57-53(68-36-77(57)38(3)4)35-51(70-58)42-13-16-49-55(30-42)78(45-31-44(32-45)73-21-7-6-8-22-73)65(87)66(49)19-23-75(24-20-66)61(83)40-9-11-41(12-10-40)62(84)76-27-25-74(26-28-76)43-14-15-46-48(33-43)64(86)79(63(46)85)54-17-18-56(80)72-60(54)82/h13-16,29-30,33-38,40-41,44-45,54,56,80H,6-12,17-28,31-32H2,1-5H3,(H,69,81)(H,70,71)(H,72,82)/t40-,41+,44-,45+,54?,56?. The summed E-state index contributed by atoms with van der Waals surface area (Å²) in [7, 11) is 0. The Hall–Kier alpha value is -7.78. The number of carbonyl (C=O) groups is 7. The number of piperazine rings is 1. The van der Waals surface area contributed by atoms with Crippen molar-refractivity contribution in [1.29, 1.82) is 0 Å². The number of nitrogens with one attached hydrogen (secondary N) is 3. The molecular formula is C66H79FN12O8. The van der Waals surface area contributed by atoms with Crippen LogP contribution in [0.4, 0.5) is 27.3 Å². The number of aliphatic hydroxyl groups excluding tert-OH is 1. The van der Waals surface area contributed by atoms with E-state index in [0.29, 0.717) is 118 Å². The molecule has 2 aromatic heterocycles. The summed E-state index contributed by atoms with van der Waals surface area (Å²) < 4.78 is 18.0. The van der Waals surface area contributed by atoms with Crippen molar-refractivity contribution in [3.8, 4) is 11.3 Å². The molecule has 5 aromatic rings. The number of amides is 7. The molecule has 2 aliphatic carbocycles. The van der Waals surface area contributed by atoms with Crippen molar-refractivity contribution >= 4 is 75.3 Å². The number of anilines is 4. The summed E-state index contributed by atoms with van der Waals surface area (Å²) in [6, 6.07) is 15.5. The molecule has 0 bridgehead atoms. The van der Waals surface area contributed by atoms with Crippen LogP contribution in [0.15, 0.2) is 60.9 Å².